The third kappa shape index (κ3) is 2.32. The summed E-state index contributed by atoms with van der Waals surface area (Å²) in [5.41, 5.74) is 3.32. The fraction of sp³-hybridized carbons (Fsp3) is 0.211. The minimum atomic E-state index is -0.946. The molecule has 2 aromatic carbocycles. The van der Waals surface area contributed by atoms with Gasteiger partial charge in [0.2, 0.25) is 0 Å². The van der Waals surface area contributed by atoms with Crippen molar-refractivity contribution in [1.82, 2.24) is 0 Å². The predicted octanol–water partition coefficient (Wildman–Crippen LogP) is 4.86. The Bertz CT molecular complexity index is 801. The van der Waals surface area contributed by atoms with Crippen LogP contribution in [-0.4, -0.2) is 11.1 Å². The molecule has 1 aliphatic carbocycles. The summed E-state index contributed by atoms with van der Waals surface area (Å²) in [5, 5.41) is 13.3. The summed E-state index contributed by atoms with van der Waals surface area (Å²) >= 11 is 6.38. The number of carboxylic acid groups (broad SMARTS) is 1. The topological polar surface area (TPSA) is 49.3 Å². The minimum absolute atomic E-state index is 0.178. The number of halogens is 1. The molecule has 4 heteroatoms. The van der Waals surface area contributed by atoms with Crippen LogP contribution in [-0.2, 0) is 0 Å². The average Bonchev–Trinajstić information content (AvgIpc) is 3.04. The quantitative estimate of drug-likeness (QED) is 0.775. The number of rotatable bonds is 2. The fourth-order valence-electron chi connectivity index (χ4n) is 3.77. The number of allylic oxidation sites excluding steroid dienone is 2. The van der Waals surface area contributed by atoms with Gasteiger partial charge in [-0.05, 0) is 35.6 Å². The van der Waals surface area contributed by atoms with Gasteiger partial charge in [-0.25, -0.2) is 4.79 Å². The third-order valence-corrected chi connectivity index (χ3v) is 5.12. The van der Waals surface area contributed by atoms with Crippen LogP contribution in [0.2, 0.25) is 5.02 Å². The first kappa shape index (κ1) is 14.3. The molecule has 3 nitrogen and oxygen atoms in total. The first-order chi connectivity index (χ1) is 11.1. The summed E-state index contributed by atoms with van der Waals surface area (Å²) in [4.78, 5) is 11.3. The number of carboxylic acids is 1. The van der Waals surface area contributed by atoms with Gasteiger partial charge in [0.1, 0.15) is 0 Å². The van der Waals surface area contributed by atoms with Gasteiger partial charge >= 0.3 is 5.97 Å². The van der Waals surface area contributed by atoms with Crippen molar-refractivity contribution in [3.05, 3.63) is 76.3 Å². The first-order valence-electron chi connectivity index (χ1n) is 7.70. The van der Waals surface area contributed by atoms with Gasteiger partial charge in [-0.1, -0.05) is 54.1 Å². The molecule has 0 saturated carbocycles. The second-order valence-electron chi connectivity index (χ2n) is 6.11. The lowest BCUT2D eigenvalue weighted by molar-refractivity contribution is 0.0696. The first-order valence-corrected chi connectivity index (χ1v) is 8.08. The van der Waals surface area contributed by atoms with E-state index in [-0.39, 0.29) is 17.5 Å². The molecule has 0 saturated heterocycles. The molecule has 0 bridgehead atoms. The molecular formula is C19H16ClNO2. The molecule has 0 aromatic heterocycles. The monoisotopic (exact) mass is 325 g/mol. The van der Waals surface area contributed by atoms with Crippen LogP contribution in [0, 0.1) is 5.92 Å². The van der Waals surface area contributed by atoms with E-state index < -0.39 is 5.97 Å². The van der Waals surface area contributed by atoms with Crippen LogP contribution >= 0.6 is 11.6 Å². The number of anilines is 1. The van der Waals surface area contributed by atoms with E-state index in [2.05, 4.69) is 29.6 Å². The van der Waals surface area contributed by atoms with Gasteiger partial charge in [-0.2, -0.15) is 0 Å². The number of aromatic carboxylic acids is 1. The normalized spacial score (nSPS) is 24.7. The van der Waals surface area contributed by atoms with Gasteiger partial charge in [-0.15, -0.1) is 0 Å². The largest absolute Gasteiger partial charge is 0.478 e. The lowest BCUT2D eigenvalue weighted by atomic mass is 9.76. The Morgan fingerprint density at radius 2 is 2.00 bits per heavy atom. The van der Waals surface area contributed by atoms with E-state index in [4.69, 9.17) is 11.6 Å². The van der Waals surface area contributed by atoms with Gasteiger partial charge in [0.25, 0.3) is 0 Å². The zero-order chi connectivity index (χ0) is 16.0. The van der Waals surface area contributed by atoms with Gasteiger partial charge in [0, 0.05) is 5.92 Å². The zero-order valence-corrected chi connectivity index (χ0v) is 13.1. The van der Waals surface area contributed by atoms with Crippen molar-refractivity contribution < 1.29 is 9.90 Å². The Kier molecular flexibility index (Phi) is 3.38. The van der Waals surface area contributed by atoms with Gasteiger partial charge in [0.05, 0.1) is 22.3 Å². The van der Waals surface area contributed by atoms with Crippen LogP contribution in [0.5, 0.6) is 0 Å². The smallest absolute Gasteiger partial charge is 0.335 e. The second-order valence-corrected chi connectivity index (χ2v) is 6.52. The Balaban J connectivity index is 1.84. The highest BCUT2D eigenvalue weighted by atomic mass is 35.5. The van der Waals surface area contributed by atoms with Crippen LogP contribution in [0.25, 0.3) is 0 Å². The van der Waals surface area contributed by atoms with Crippen LogP contribution in [0.4, 0.5) is 5.69 Å². The van der Waals surface area contributed by atoms with E-state index in [1.54, 1.807) is 6.07 Å². The van der Waals surface area contributed by atoms with E-state index in [0.29, 0.717) is 10.9 Å². The minimum Gasteiger partial charge on any atom is -0.478 e. The number of hydrogen-bond acceptors (Lipinski definition) is 2. The van der Waals surface area contributed by atoms with Crippen LogP contribution in [0.15, 0.2) is 54.6 Å². The summed E-state index contributed by atoms with van der Waals surface area (Å²) in [6.45, 7) is 0. The van der Waals surface area contributed by atoms with E-state index in [1.807, 2.05) is 18.2 Å². The van der Waals surface area contributed by atoms with E-state index in [0.717, 1.165) is 17.7 Å². The molecule has 0 amide bonds. The summed E-state index contributed by atoms with van der Waals surface area (Å²) in [5.74, 6) is -0.364. The van der Waals surface area contributed by atoms with Crippen molar-refractivity contribution in [2.45, 2.75) is 18.4 Å². The summed E-state index contributed by atoms with van der Waals surface area (Å²) in [7, 11) is 0. The lowest BCUT2D eigenvalue weighted by Crippen LogP contribution is -2.29. The lowest BCUT2D eigenvalue weighted by Gasteiger charge is -2.38. The van der Waals surface area contributed by atoms with Crippen LogP contribution in [0.3, 0.4) is 0 Å². The summed E-state index contributed by atoms with van der Waals surface area (Å²) < 4.78 is 0. The molecule has 2 aliphatic rings. The SMILES string of the molecule is O=C(O)c1cc(Cl)c2c(c1)[C@H]1C=CC[C@H]1[C@@H](c1ccccc1)N2. The standard InChI is InChI=1S/C19H16ClNO2/c20-16-10-12(19(22)23)9-15-13-7-4-8-14(13)17(21-18(15)16)11-5-2-1-3-6-11/h1-7,9-10,13-14,17,21H,8H2,(H,22,23)/t13-,14+,17+/m0/s1. The van der Waals surface area contributed by atoms with Gasteiger partial charge < -0.3 is 10.4 Å². The molecule has 0 spiro atoms. The highest BCUT2D eigenvalue weighted by molar-refractivity contribution is 6.33. The Hall–Kier alpha value is -2.26. The molecule has 0 unspecified atom stereocenters. The Morgan fingerprint density at radius 1 is 1.22 bits per heavy atom. The van der Waals surface area contributed by atoms with Gasteiger partial charge in [-0.3, -0.25) is 0 Å². The van der Waals surface area contributed by atoms with Crippen molar-refractivity contribution in [2.75, 3.05) is 5.32 Å². The summed E-state index contributed by atoms with van der Waals surface area (Å²) in [6, 6.07) is 13.8. The van der Waals surface area contributed by atoms with Crippen molar-refractivity contribution in [1.29, 1.82) is 0 Å². The molecule has 23 heavy (non-hydrogen) atoms. The maximum atomic E-state index is 11.3. The van der Waals surface area contributed by atoms with Crippen molar-refractivity contribution in [3.63, 3.8) is 0 Å². The zero-order valence-electron chi connectivity index (χ0n) is 12.4. The number of nitrogens with one attached hydrogen (secondary N) is 1. The number of hydrogen-bond donors (Lipinski definition) is 2. The van der Waals surface area contributed by atoms with Crippen molar-refractivity contribution in [2.24, 2.45) is 5.92 Å². The molecule has 0 radical (unpaired) electrons. The molecule has 4 rings (SSSR count). The summed E-state index contributed by atoms with van der Waals surface area (Å²) in [6.07, 6.45) is 5.34. The van der Waals surface area contributed by atoms with Crippen LogP contribution in [0.1, 0.15) is 39.9 Å². The molecule has 1 aliphatic heterocycles. The molecular weight excluding hydrogens is 310 g/mol. The van der Waals surface area contributed by atoms with E-state index in [9.17, 15) is 9.90 Å². The number of carbonyl (C=O) groups is 1. The van der Waals surface area contributed by atoms with Gasteiger partial charge in [0.15, 0.2) is 0 Å². The van der Waals surface area contributed by atoms with E-state index in [1.165, 1.54) is 11.6 Å². The highest BCUT2D eigenvalue weighted by Gasteiger charge is 2.39. The number of fused-ring (bicyclic) bond motifs is 3. The van der Waals surface area contributed by atoms with Crippen molar-refractivity contribution in [3.8, 4) is 0 Å². The molecule has 0 fully saturated rings. The second kappa shape index (κ2) is 5.43. The molecule has 3 atom stereocenters. The molecule has 2 N–H and O–H groups in total. The van der Waals surface area contributed by atoms with Crippen LogP contribution < -0.4 is 5.32 Å². The third-order valence-electron chi connectivity index (χ3n) is 4.83. The van der Waals surface area contributed by atoms with Crippen molar-refractivity contribution >= 4 is 23.3 Å². The average molecular weight is 326 g/mol. The molecule has 116 valence electrons. The number of benzene rings is 2. The molecule has 1 heterocycles. The Labute approximate surface area is 139 Å². The Morgan fingerprint density at radius 3 is 2.74 bits per heavy atom. The maximum absolute atomic E-state index is 11.3. The van der Waals surface area contributed by atoms with E-state index >= 15 is 0 Å². The maximum Gasteiger partial charge on any atom is 0.335 e. The predicted molar refractivity (Wildman–Crippen MR) is 91.2 cm³/mol. The highest BCUT2D eigenvalue weighted by Crippen LogP contribution is 2.51. The fourth-order valence-corrected chi connectivity index (χ4v) is 4.05. The molecule has 2 aromatic rings.